The molecule has 0 N–H and O–H groups in total. The molecule has 1 aromatic heterocycles. The highest BCUT2D eigenvalue weighted by atomic mass is 35.5. The maximum absolute atomic E-state index is 12.5. The van der Waals surface area contributed by atoms with E-state index in [1.54, 1.807) is 16.5 Å². The lowest BCUT2D eigenvalue weighted by Gasteiger charge is -2.35. The molecule has 0 unspecified atom stereocenters. The summed E-state index contributed by atoms with van der Waals surface area (Å²) in [6, 6.07) is 9.68. The van der Waals surface area contributed by atoms with Gasteiger partial charge < -0.3 is 14.4 Å². The average molecular weight is 406 g/mol. The van der Waals surface area contributed by atoms with Gasteiger partial charge in [0.05, 0.1) is 24.4 Å². The van der Waals surface area contributed by atoms with E-state index in [4.69, 9.17) is 21.1 Å². The van der Waals surface area contributed by atoms with Gasteiger partial charge in [0.1, 0.15) is 10.7 Å². The Hall–Kier alpha value is -2.38. The maximum Gasteiger partial charge on any atom is 0.343 e. The first-order valence-electron chi connectivity index (χ1n) is 9.22. The van der Waals surface area contributed by atoms with E-state index in [0.717, 1.165) is 5.56 Å². The third kappa shape index (κ3) is 4.72. The second kappa shape index (κ2) is 8.75. The van der Waals surface area contributed by atoms with Gasteiger partial charge in [0.2, 0.25) is 0 Å². The van der Waals surface area contributed by atoms with E-state index in [0.29, 0.717) is 25.3 Å². The van der Waals surface area contributed by atoms with Crippen molar-refractivity contribution < 1.29 is 19.1 Å². The van der Waals surface area contributed by atoms with Crippen LogP contribution in [0, 0.1) is 6.92 Å². The Kier molecular flexibility index (Phi) is 6.36. The molecule has 1 fully saturated rings. The Labute approximate surface area is 169 Å². The lowest BCUT2D eigenvalue weighted by atomic mass is 10.2. The lowest BCUT2D eigenvalue weighted by Crippen LogP contribution is -2.49. The Morgan fingerprint density at radius 1 is 1.21 bits per heavy atom. The number of nitrogens with zero attached hydrogens (tertiary/aromatic N) is 3. The Morgan fingerprint density at radius 2 is 1.86 bits per heavy atom. The molecule has 2 atom stereocenters. The van der Waals surface area contributed by atoms with E-state index in [1.807, 2.05) is 44.2 Å². The summed E-state index contributed by atoms with van der Waals surface area (Å²) in [5, 5.41) is 4.54. The summed E-state index contributed by atoms with van der Waals surface area (Å²) in [5.74, 6) is -0.898. The van der Waals surface area contributed by atoms with Gasteiger partial charge in [0.15, 0.2) is 6.61 Å². The number of aryl methyl sites for hydroxylation is 1. The first-order chi connectivity index (χ1) is 13.3. The van der Waals surface area contributed by atoms with Crippen molar-refractivity contribution in [2.45, 2.75) is 39.5 Å². The van der Waals surface area contributed by atoms with Gasteiger partial charge in [-0.1, -0.05) is 41.9 Å². The van der Waals surface area contributed by atoms with Crippen molar-refractivity contribution in [1.29, 1.82) is 0 Å². The molecule has 0 aliphatic carbocycles. The summed E-state index contributed by atoms with van der Waals surface area (Å²) in [6.07, 6.45) is -0.0902. The number of amides is 1. The molecule has 7 nitrogen and oxygen atoms in total. The minimum atomic E-state index is -0.649. The molecule has 1 saturated heterocycles. The van der Waals surface area contributed by atoms with Crippen LogP contribution in [0.3, 0.4) is 0 Å². The summed E-state index contributed by atoms with van der Waals surface area (Å²) >= 11 is 6.36. The van der Waals surface area contributed by atoms with Crippen LogP contribution < -0.4 is 0 Å². The number of halogens is 1. The number of ether oxygens (including phenoxy) is 2. The van der Waals surface area contributed by atoms with Crippen molar-refractivity contribution in [2.24, 2.45) is 0 Å². The number of morpholine rings is 1. The average Bonchev–Trinajstić information content (AvgIpc) is 2.93. The number of carbonyl (C=O) groups excluding carboxylic acids is 2. The number of aromatic nitrogens is 2. The molecule has 0 spiro atoms. The quantitative estimate of drug-likeness (QED) is 0.715. The Balaban J connectivity index is 1.63. The fourth-order valence-electron chi connectivity index (χ4n) is 3.32. The fourth-order valence-corrected chi connectivity index (χ4v) is 3.63. The van der Waals surface area contributed by atoms with Crippen LogP contribution in [0.5, 0.6) is 0 Å². The highest BCUT2D eigenvalue weighted by Gasteiger charge is 2.28. The zero-order valence-electron chi connectivity index (χ0n) is 16.2. The number of esters is 1. The molecule has 0 radical (unpaired) electrons. The minimum absolute atomic E-state index is 0.0451. The van der Waals surface area contributed by atoms with Gasteiger partial charge >= 0.3 is 5.97 Å². The third-order valence-corrected chi connectivity index (χ3v) is 4.93. The van der Waals surface area contributed by atoms with Crippen molar-refractivity contribution >= 4 is 23.5 Å². The van der Waals surface area contributed by atoms with Gasteiger partial charge in [-0.3, -0.25) is 4.79 Å². The lowest BCUT2D eigenvalue weighted by molar-refractivity contribution is -0.146. The number of hydrogen-bond acceptors (Lipinski definition) is 5. The van der Waals surface area contributed by atoms with E-state index in [2.05, 4.69) is 5.10 Å². The van der Waals surface area contributed by atoms with Gasteiger partial charge in [-0.25, -0.2) is 9.48 Å². The topological polar surface area (TPSA) is 73.7 Å². The third-order valence-electron chi connectivity index (χ3n) is 4.54. The van der Waals surface area contributed by atoms with Gasteiger partial charge in [-0.15, -0.1) is 0 Å². The van der Waals surface area contributed by atoms with Crippen molar-refractivity contribution in [3.8, 4) is 0 Å². The molecular formula is C20H24ClN3O4. The molecule has 2 heterocycles. The normalized spacial score (nSPS) is 19.5. The van der Waals surface area contributed by atoms with E-state index < -0.39 is 5.97 Å². The molecule has 0 saturated carbocycles. The molecule has 150 valence electrons. The number of rotatable bonds is 5. The Morgan fingerprint density at radius 3 is 2.50 bits per heavy atom. The van der Waals surface area contributed by atoms with Crippen molar-refractivity contribution in [3.05, 3.63) is 52.3 Å². The predicted octanol–water partition coefficient (Wildman–Crippen LogP) is 2.69. The van der Waals surface area contributed by atoms with Gasteiger partial charge in [-0.2, -0.15) is 5.10 Å². The second-order valence-corrected chi connectivity index (χ2v) is 7.38. The Bertz CT molecular complexity index is 843. The van der Waals surface area contributed by atoms with E-state index in [1.165, 1.54) is 0 Å². The highest BCUT2D eigenvalue weighted by Crippen LogP contribution is 2.22. The molecule has 1 aliphatic rings. The molecule has 0 bridgehead atoms. The SMILES string of the molecule is Cc1nn(Cc2ccccc2)c(Cl)c1C(=O)OCC(=O)N1C[C@@H](C)O[C@H](C)C1. The molecule has 3 rings (SSSR count). The first kappa shape index (κ1) is 20.4. The van der Waals surface area contributed by atoms with Crippen LogP contribution >= 0.6 is 11.6 Å². The predicted molar refractivity (Wildman–Crippen MR) is 104 cm³/mol. The van der Waals surface area contributed by atoms with Crippen LogP contribution in [0.15, 0.2) is 30.3 Å². The molecule has 8 heteroatoms. The first-order valence-corrected chi connectivity index (χ1v) is 9.60. The monoisotopic (exact) mass is 405 g/mol. The van der Waals surface area contributed by atoms with E-state index in [9.17, 15) is 9.59 Å². The zero-order chi connectivity index (χ0) is 20.3. The van der Waals surface area contributed by atoms with Crippen LogP contribution in [0.2, 0.25) is 5.15 Å². The largest absolute Gasteiger partial charge is 0.452 e. The van der Waals surface area contributed by atoms with Crippen LogP contribution in [0.4, 0.5) is 0 Å². The van der Waals surface area contributed by atoms with Gasteiger partial charge in [0, 0.05) is 13.1 Å². The van der Waals surface area contributed by atoms with Crippen LogP contribution in [-0.2, 0) is 20.8 Å². The summed E-state index contributed by atoms with van der Waals surface area (Å²) < 4.78 is 12.4. The fraction of sp³-hybridized carbons (Fsp3) is 0.450. The molecule has 28 heavy (non-hydrogen) atoms. The molecule has 2 aromatic rings. The summed E-state index contributed by atoms with van der Waals surface area (Å²) in [6.45, 7) is 6.58. The molecule has 1 amide bonds. The zero-order valence-corrected chi connectivity index (χ0v) is 17.0. The van der Waals surface area contributed by atoms with Crippen LogP contribution in [0.25, 0.3) is 0 Å². The van der Waals surface area contributed by atoms with Gasteiger partial charge in [0.25, 0.3) is 5.91 Å². The summed E-state index contributed by atoms with van der Waals surface area (Å²) in [7, 11) is 0. The minimum Gasteiger partial charge on any atom is -0.452 e. The standard InChI is InChI=1S/C20H24ClN3O4/c1-13-9-23(10-14(2)28-13)17(25)12-27-20(26)18-15(3)22-24(19(18)21)11-16-7-5-4-6-8-16/h4-8,13-14H,9-12H2,1-3H3/t13-,14-/m1/s1. The van der Waals surface area contributed by atoms with Gasteiger partial charge in [-0.05, 0) is 26.3 Å². The summed E-state index contributed by atoms with van der Waals surface area (Å²) in [5.41, 5.74) is 1.67. The summed E-state index contributed by atoms with van der Waals surface area (Å²) in [4.78, 5) is 26.5. The van der Waals surface area contributed by atoms with Crippen molar-refractivity contribution in [1.82, 2.24) is 14.7 Å². The van der Waals surface area contributed by atoms with Crippen LogP contribution in [0.1, 0.15) is 35.5 Å². The number of hydrogen-bond donors (Lipinski definition) is 0. The molecular weight excluding hydrogens is 382 g/mol. The highest BCUT2D eigenvalue weighted by molar-refractivity contribution is 6.32. The maximum atomic E-state index is 12.5. The smallest absolute Gasteiger partial charge is 0.343 e. The molecule has 1 aliphatic heterocycles. The van der Waals surface area contributed by atoms with Crippen LogP contribution in [-0.4, -0.2) is 58.5 Å². The number of carbonyl (C=O) groups is 2. The number of benzene rings is 1. The second-order valence-electron chi connectivity index (χ2n) is 7.03. The van der Waals surface area contributed by atoms with Crippen molar-refractivity contribution in [3.63, 3.8) is 0 Å². The van der Waals surface area contributed by atoms with E-state index in [-0.39, 0.29) is 35.4 Å². The van der Waals surface area contributed by atoms with E-state index >= 15 is 0 Å². The molecule has 1 aromatic carbocycles. The van der Waals surface area contributed by atoms with Crippen molar-refractivity contribution in [2.75, 3.05) is 19.7 Å².